The molecule has 3 aromatic rings. The number of aryl methyl sites for hydroxylation is 2. The van der Waals surface area contributed by atoms with Crippen molar-refractivity contribution in [1.29, 1.82) is 0 Å². The van der Waals surface area contributed by atoms with Crippen LogP contribution in [-0.4, -0.2) is 34.0 Å². The zero-order valence-corrected chi connectivity index (χ0v) is 21.1. The molecule has 7 heteroatoms. The summed E-state index contributed by atoms with van der Waals surface area (Å²) in [6, 6.07) is 13.2. The van der Waals surface area contributed by atoms with Crippen LogP contribution in [-0.2, 0) is 17.9 Å². The van der Waals surface area contributed by atoms with E-state index in [1.54, 1.807) is 0 Å². The third-order valence-corrected chi connectivity index (χ3v) is 7.60. The fourth-order valence-electron chi connectivity index (χ4n) is 5.68. The van der Waals surface area contributed by atoms with Crippen molar-refractivity contribution in [1.82, 2.24) is 20.2 Å². The van der Waals surface area contributed by atoms with Crippen molar-refractivity contribution in [3.8, 4) is 11.1 Å². The van der Waals surface area contributed by atoms with Crippen molar-refractivity contribution in [2.24, 2.45) is 5.92 Å². The predicted octanol–water partition coefficient (Wildman–Crippen LogP) is 4.59. The van der Waals surface area contributed by atoms with Gasteiger partial charge in [-0.1, -0.05) is 31.4 Å². The van der Waals surface area contributed by atoms with Gasteiger partial charge in [0.25, 0.3) is 5.91 Å². The fraction of sp³-hybridized carbons (Fsp3) is 0.414. The molecule has 36 heavy (non-hydrogen) atoms. The number of benzene rings is 1. The van der Waals surface area contributed by atoms with Crippen molar-refractivity contribution in [3.05, 3.63) is 71.3 Å². The van der Waals surface area contributed by atoms with E-state index in [1.165, 1.54) is 12.0 Å². The number of nitrogens with one attached hydrogen (secondary N) is 3. The van der Waals surface area contributed by atoms with Crippen molar-refractivity contribution in [3.63, 3.8) is 0 Å². The molecule has 1 aliphatic heterocycles. The number of rotatable bonds is 6. The third-order valence-electron chi connectivity index (χ3n) is 7.60. The van der Waals surface area contributed by atoms with Gasteiger partial charge >= 0.3 is 0 Å². The molecule has 0 unspecified atom stereocenters. The van der Waals surface area contributed by atoms with E-state index in [0.717, 1.165) is 73.5 Å². The Morgan fingerprint density at radius 1 is 1.03 bits per heavy atom. The van der Waals surface area contributed by atoms with E-state index in [1.807, 2.05) is 55.6 Å². The zero-order valence-electron chi connectivity index (χ0n) is 21.1. The van der Waals surface area contributed by atoms with Gasteiger partial charge in [-0.15, -0.1) is 0 Å². The molecule has 1 saturated carbocycles. The Balaban J connectivity index is 1.33. The average Bonchev–Trinajstić information content (AvgIpc) is 3.33. The van der Waals surface area contributed by atoms with Crippen LogP contribution in [0.1, 0.15) is 59.5 Å². The Morgan fingerprint density at radius 3 is 2.56 bits per heavy atom. The van der Waals surface area contributed by atoms with Crippen LogP contribution in [0.15, 0.2) is 48.7 Å². The van der Waals surface area contributed by atoms with Crippen LogP contribution in [0, 0.1) is 19.8 Å². The number of aromatic nitrogens is 2. The summed E-state index contributed by atoms with van der Waals surface area (Å²) in [7, 11) is 0. The third kappa shape index (κ3) is 5.07. The van der Waals surface area contributed by atoms with Gasteiger partial charge in [0.1, 0.15) is 11.7 Å². The number of amides is 2. The number of pyridine rings is 1. The van der Waals surface area contributed by atoms with Crippen molar-refractivity contribution in [2.45, 2.75) is 65.1 Å². The first-order valence-corrected chi connectivity index (χ1v) is 13.0. The van der Waals surface area contributed by atoms with Gasteiger partial charge in [0.05, 0.1) is 0 Å². The van der Waals surface area contributed by atoms with Crippen LogP contribution in [0.2, 0.25) is 0 Å². The number of hydrogen-bond acceptors (Lipinski definition) is 4. The van der Waals surface area contributed by atoms with Gasteiger partial charge in [0.15, 0.2) is 0 Å². The lowest BCUT2D eigenvalue weighted by atomic mass is 9.83. The highest BCUT2D eigenvalue weighted by atomic mass is 16.2. The number of nitrogens with zero attached hydrogens (tertiary/aromatic N) is 2. The minimum Gasteiger partial charge on any atom is -0.339 e. The first kappa shape index (κ1) is 24.3. The summed E-state index contributed by atoms with van der Waals surface area (Å²) in [5.74, 6) is -0.185. The number of hydrogen-bond donors (Lipinski definition) is 3. The van der Waals surface area contributed by atoms with Crippen LogP contribution in [0.3, 0.4) is 0 Å². The largest absolute Gasteiger partial charge is 0.339 e. The standard InChI is InChI=1S/C29H35N5O2/c1-19-14-15-31-20(2)26(19)21-8-10-23(11-9-21)32-29(36)27(22-6-4-3-5-7-22)33-28(35)25-13-12-24-18-30-16-17-34(24)25/h8-15,22,27,30H,3-7,16-18H2,1-2H3,(H,32,36)(H,33,35)/t27-/m0/s1. The Kier molecular flexibility index (Phi) is 7.18. The Morgan fingerprint density at radius 2 is 1.81 bits per heavy atom. The maximum atomic E-state index is 13.5. The summed E-state index contributed by atoms with van der Waals surface area (Å²) in [6.45, 7) is 6.44. The second-order valence-corrected chi connectivity index (χ2v) is 10.0. The van der Waals surface area contributed by atoms with E-state index < -0.39 is 6.04 Å². The van der Waals surface area contributed by atoms with Gasteiger partial charge in [0, 0.05) is 48.5 Å². The SMILES string of the molecule is Cc1ccnc(C)c1-c1ccc(NC(=O)[C@@H](NC(=O)c2ccc3n2CCNC3)C2CCCCC2)cc1. The smallest absolute Gasteiger partial charge is 0.268 e. The van der Waals surface area contributed by atoms with Crippen molar-refractivity contribution in [2.75, 3.05) is 11.9 Å². The maximum absolute atomic E-state index is 13.5. The zero-order chi connectivity index (χ0) is 25.1. The molecule has 2 amide bonds. The van der Waals surface area contributed by atoms with Crippen LogP contribution < -0.4 is 16.0 Å². The summed E-state index contributed by atoms with van der Waals surface area (Å²) >= 11 is 0. The van der Waals surface area contributed by atoms with Crippen LogP contribution in [0.5, 0.6) is 0 Å². The molecule has 5 rings (SSSR count). The minimum atomic E-state index is -0.562. The monoisotopic (exact) mass is 485 g/mol. The van der Waals surface area contributed by atoms with Gasteiger partial charge in [-0.3, -0.25) is 14.6 Å². The summed E-state index contributed by atoms with van der Waals surface area (Å²) in [5.41, 5.74) is 6.80. The molecule has 7 nitrogen and oxygen atoms in total. The van der Waals surface area contributed by atoms with Gasteiger partial charge in [-0.2, -0.15) is 0 Å². The first-order valence-electron chi connectivity index (χ1n) is 13.0. The number of anilines is 1. The highest BCUT2D eigenvalue weighted by Crippen LogP contribution is 2.29. The molecule has 1 atom stereocenters. The first-order chi connectivity index (χ1) is 17.5. The molecule has 0 spiro atoms. The van der Waals surface area contributed by atoms with Gasteiger partial charge in [-0.05, 0) is 74.1 Å². The second-order valence-electron chi connectivity index (χ2n) is 10.0. The fourth-order valence-corrected chi connectivity index (χ4v) is 5.68. The molecule has 188 valence electrons. The highest BCUT2D eigenvalue weighted by molar-refractivity contribution is 6.01. The van der Waals surface area contributed by atoms with E-state index in [4.69, 9.17) is 0 Å². The molecule has 3 N–H and O–H groups in total. The van der Waals surface area contributed by atoms with E-state index >= 15 is 0 Å². The maximum Gasteiger partial charge on any atom is 0.268 e. The number of carbonyl (C=O) groups excluding carboxylic acids is 2. The summed E-state index contributed by atoms with van der Waals surface area (Å²) in [4.78, 5) is 31.3. The Labute approximate surface area is 212 Å². The molecular formula is C29H35N5O2. The summed E-state index contributed by atoms with van der Waals surface area (Å²) in [5, 5.41) is 9.52. The van der Waals surface area contributed by atoms with Gasteiger partial charge in [-0.25, -0.2) is 0 Å². The summed E-state index contributed by atoms with van der Waals surface area (Å²) < 4.78 is 2.06. The van der Waals surface area contributed by atoms with Crippen molar-refractivity contribution >= 4 is 17.5 Å². The topological polar surface area (TPSA) is 88.1 Å². The molecule has 1 aliphatic carbocycles. The number of carbonyl (C=O) groups is 2. The lowest BCUT2D eigenvalue weighted by Gasteiger charge is -2.30. The molecule has 0 bridgehead atoms. The quantitative estimate of drug-likeness (QED) is 0.477. The highest BCUT2D eigenvalue weighted by Gasteiger charge is 2.32. The summed E-state index contributed by atoms with van der Waals surface area (Å²) in [6.07, 6.45) is 7.10. The Hall–Kier alpha value is -3.45. The lowest BCUT2D eigenvalue weighted by molar-refractivity contribution is -0.119. The molecule has 0 radical (unpaired) electrons. The van der Waals surface area contributed by atoms with Crippen LogP contribution in [0.25, 0.3) is 11.1 Å². The van der Waals surface area contributed by atoms with Crippen molar-refractivity contribution < 1.29 is 9.59 Å². The predicted molar refractivity (Wildman–Crippen MR) is 142 cm³/mol. The molecule has 3 heterocycles. The average molecular weight is 486 g/mol. The van der Waals surface area contributed by atoms with Gasteiger partial charge < -0.3 is 20.5 Å². The molecule has 1 aromatic carbocycles. The second kappa shape index (κ2) is 10.7. The van der Waals surface area contributed by atoms with E-state index in [9.17, 15) is 9.59 Å². The lowest BCUT2D eigenvalue weighted by Crippen LogP contribution is -2.49. The molecule has 0 saturated heterocycles. The Bertz CT molecular complexity index is 1220. The van der Waals surface area contributed by atoms with E-state index in [2.05, 4.69) is 32.4 Å². The number of fused-ring (bicyclic) bond motifs is 1. The molecule has 2 aliphatic rings. The minimum absolute atomic E-state index is 0.139. The molecule has 2 aromatic heterocycles. The normalized spacial score (nSPS) is 16.7. The molecule has 1 fully saturated rings. The van der Waals surface area contributed by atoms with E-state index in [0.29, 0.717) is 5.69 Å². The van der Waals surface area contributed by atoms with E-state index in [-0.39, 0.29) is 17.7 Å². The van der Waals surface area contributed by atoms with Crippen LogP contribution >= 0.6 is 0 Å². The van der Waals surface area contributed by atoms with Gasteiger partial charge in [0.2, 0.25) is 5.91 Å². The molecular weight excluding hydrogens is 450 g/mol. The van der Waals surface area contributed by atoms with Crippen LogP contribution in [0.4, 0.5) is 5.69 Å².